The molecule has 2 aromatic rings. The minimum absolute atomic E-state index is 0.0720. The van der Waals surface area contributed by atoms with Crippen LogP contribution in [0.4, 0.5) is 5.69 Å². The molecule has 4 rings (SSSR count). The lowest BCUT2D eigenvalue weighted by atomic mass is 10.1. The highest BCUT2D eigenvalue weighted by atomic mass is 16.7. The number of hydrogen-bond donors (Lipinski definition) is 1. The molecule has 0 saturated carbocycles. The Bertz CT molecular complexity index is 768. The van der Waals surface area contributed by atoms with Crippen molar-refractivity contribution >= 4 is 11.6 Å². The number of hydrogen-bond acceptors (Lipinski definition) is 5. The number of fused-ring (bicyclic) bond motifs is 1. The highest BCUT2D eigenvalue weighted by Gasteiger charge is 2.22. The molecule has 25 heavy (non-hydrogen) atoms. The van der Waals surface area contributed by atoms with Crippen molar-refractivity contribution in [2.75, 3.05) is 38.7 Å². The number of ether oxygens (including phenoxy) is 2. The van der Waals surface area contributed by atoms with Gasteiger partial charge in [0.15, 0.2) is 11.5 Å². The van der Waals surface area contributed by atoms with E-state index in [-0.39, 0.29) is 5.91 Å². The molecule has 2 aliphatic heterocycles. The Hall–Kier alpha value is -2.73. The van der Waals surface area contributed by atoms with Gasteiger partial charge in [-0.05, 0) is 42.0 Å². The summed E-state index contributed by atoms with van der Waals surface area (Å²) in [5.74, 6) is 1.69. The summed E-state index contributed by atoms with van der Waals surface area (Å²) in [6.07, 6.45) is 0. The summed E-state index contributed by atoms with van der Waals surface area (Å²) >= 11 is 0. The van der Waals surface area contributed by atoms with Gasteiger partial charge in [0.25, 0.3) is 5.91 Å². The van der Waals surface area contributed by atoms with Crippen molar-refractivity contribution in [2.24, 2.45) is 0 Å². The van der Waals surface area contributed by atoms with Crippen molar-refractivity contribution in [3.8, 4) is 11.5 Å². The molecular weight excluding hydrogens is 318 g/mol. The summed E-state index contributed by atoms with van der Waals surface area (Å²) in [6.45, 7) is 4.32. The molecule has 0 radical (unpaired) electrons. The first-order valence-electron chi connectivity index (χ1n) is 8.45. The van der Waals surface area contributed by atoms with Crippen LogP contribution in [0.15, 0.2) is 42.5 Å². The largest absolute Gasteiger partial charge is 0.454 e. The van der Waals surface area contributed by atoms with Crippen molar-refractivity contribution in [2.45, 2.75) is 6.54 Å². The second-order valence-electron chi connectivity index (χ2n) is 6.38. The number of nitrogens with zero attached hydrogens (tertiary/aromatic N) is 2. The number of piperazine rings is 1. The van der Waals surface area contributed by atoms with Crippen LogP contribution in [0.2, 0.25) is 0 Å². The molecule has 1 amide bonds. The van der Waals surface area contributed by atoms with Crippen LogP contribution < -0.4 is 15.2 Å². The van der Waals surface area contributed by atoms with Crippen molar-refractivity contribution in [1.82, 2.24) is 9.80 Å². The van der Waals surface area contributed by atoms with E-state index >= 15 is 0 Å². The first-order valence-corrected chi connectivity index (χ1v) is 8.45. The summed E-state index contributed by atoms with van der Waals surface area (Å²) in [7, 11) is 0. The van der Waals surface area contributed by atoms with Crippen LogP contribution in [0, 0.1) is 0 Å². The minimum atomic E-state index is 0.0720. The number of benzene rings is 2. The molecule has 6 heteroatoms. The van der Waals surface area contributed by atoms with E-state index in [1.165, 1.54) is 5.56 Å². The average Bonchev–Trinajstić information content (AvgIpc) is 3.10. The van der Waals surface area contributed by atoms with Crippen LogP contribution in [-0.2, 0) is 6.54 Å². The van der Waals surface area contributed by atoms with E-state index in [2.05, 4.69) is 11.0 Å². The number of nitrogen functional groups attached to an aromatic ring is 1. The predicted molar refractivity (Wildman–Crippen MR) is 94.6 cm³/mol. The Morgan fingerprint density at radius 1 is 0.960 bits per heavy atom. The third-order valence-corrected chi connectivity index (χ3v) is 4.66. The van der Waals surface area contributed by atoms with Crippen LogP contribution in [0.5, 0.6) is 11.5 Å². The fourth-order valence-electron chi connectivity index (χ4n) is 3.21. The van der Waals surface area contributed by atoms with Crippen LogP contribution in [0.1, 0.15) is 15.9 Å². The fraction of sp³-hybridized carbons (Fsp3) is 0.316. The van der Waals surface area contributed by atoms with E-state index in [0.717, 1.165) is 44.2 Å². The number of anilines is 1. The van der Waals surface area contributed by atoms with Gasteiger partial charge in [-0.3, -0.25) is 9.69 Å². The third-order valence-electron chi connectivity index (χ3n) is 4.66. The molecule has 2 heterocycles. The van der Waals surface area contributed by atoms with E-state index in [1.54, 1.807) is 24.3 Å². The second-order valence-corrected chi connectivity index (χ2v) is 6.38. The molecule has 2 aromatic carbocycles. The molecular formula is C19H21N3O3. The van der Waals surface area contributed by atoms with E-state index in [1.807, 2.05) is 17.0 Å². The highest BCUT2D eigenvalue weighted by Crippen LogP contribution is 2.32. The van der Waals surface area contributed by atoms with Crippen LogP contribution >= 0.6 is 0 Å². The van der Waals surface area contributed by atoms with Crippen molar-refractivity contribution in [3.63, 3.8) is 0 Å². The van der Waals surface area contributed by atoms with Crippen LogP contribution in [0.25, 0.3) is 0 Å². The van der Waals surface area contributed by atoms with Crippen LogP contribution in [0.3, 0.4) is 0 Å². The molecule has 130 valence electrons. The fourth-order valence-corrected chi connectivity index (χ4v) is 3.21. The van der Waals surface area contributed by atoms with Gasteiger partial charge in [0.1, 0.15) is 0 Å². The Labute approximate surface area is 146 Å². The van der Waals surface area contributed by atoms with Gasteiger partial charge >= 0.3 is 0 Å². The van der Waals surface area contributed by atoms with E-state index < -0.39 is 0 Å². The molecule has 1 fully saturated rings. The van der Waals surface area contributed by atoms with Crippen molar-refractivity contribution in [1.29, 1.82) is 0 Å². The second kappa shape index (κ2) is 6.64. The van der Waals surface area contributed by atoms with E-state index in [0.29, 0.717) is 18.0 Å². The number of rotatable bonds is 3. The molecule has 0 atom stereocenters. The molecule has 1 saturated heterocycles. The maximum atomic E-state index is 12.5. The van der Waals surface area contributed by atoms with Gasteiger partial charge in [-0.15, -0.1) is 0 Å². The molecule has 0 unspecified atom stereocenters. The standard InChI is InChI=1S/C19H21N3O3/c20-16-4-2-15(3-5-16)19(23)22-9-7-21(8-10-22)12-14-1-6-17-18(11-14)25-13-24-17/h1-6,11H,7-10,12-13,20H2. The molecule has 2 aliphatic rings. The van der Waals surface area contributed by atoms with Gasteiger partial charge in [0.05, 0.1) is 0 Å². The predicted octanol–water partition coefficient (Wildman–Crippen LogP) is 1.96. The summed E-state index contributed by atoms with van der Waals surface area (Å²) in [6, 6.07) is 13.2. The summed E-state index contributed by atoms with van der Waals surface area (Å²) in [4.78, 5) is 16.8. The van der Waals surface area contributed by atoms with Crippen molar-refractivity contribution < 1.29 is 14.3 Å². The van der Waals surface area contributed by atoms with E-state index in [9.17, 15) is 4.79 Å². The summed E-state index contributed by atoms with van der Waals surface area (Å²) in [5, 5.41) is 0. The Kier molecular flexibility index (Phi) is 4.19. The number of nitrogens with two attached hydrogens (primary N) is 1. The smallest absolute Gasteiger partial charge is 0.253 e. The Morgan fingerprint density at radius 3 is 2.44 bits per heavy atom. The Balaban J connectivity index is 1.33. The number of amides is 1. The molecule has 2 N–H and O–H groups in total. The maximum absolute atomic E-state index is 12.5. The third kappa shape index (κ3) is 3.39. The lowest BCUT2D eigenvalue weighted by molar-refractivity contribution is 0.0628. The lowest BCUT2D eigenvalue weighted by Gasteiger charge is -2.34. The normalized spacial score (nSPS) is 16.9. The van der Waals surface area contributed by atoms with Crippen molar-refractivity contribution in [3.05, 3.63) is 53.6 Å². The zero-order valence-corrected chi connectivity index (χ0v) is 14.0. The summed E-state index contributed by atoms with van der Waals surface area (Å²) < 4.78 is 10.8. The zero-order chi connectivity index (χ0) is 17.2. The van der Waals surface area contributed by atoms with Gasteiger partial charge in [0.2, 0.25) is 6.79 Å². The lowest BCUT2D eigenvalue weighted by Crippen LogP contribution is -2.48. The monoisotopic (exact) mass is 339 g/mol. The average molecular weight is 339 g/mol. The minimum Gasteiger partial charge on any atom is -0.454 e. The molecule has 0 bridgehead atoms. The topological polar surface area (TPSA) is 68.0 Å². The zero-order valence-electron chi connectivity index (χ0n) is 14.0. The number of carbonyl (C=O) groups is 1. The van der Waals surface area contributed by atoms with Gasteiger partial charge in [-0.25, -0.2) is 0 Å². The quantitative estimate of drug-likeness (QED) is 0.866. The van der Waals surface area contributed by atoms with Gasteiger partial charge in [0, 0.05) is 44.0 Å². The first-order chi connectivity index (χ1) is 12.2. The molecule has 0 aromatic heterocycles. The highest BCUT2D eigenvalue weighted by molar-refractivity contribution is 5.94. The molecule has 6 nitrogen and oxygen atoms in total. The Morgan fingerprint density at radius 2 is 1.68 bits per heavy atom. The SMILES string of the molecule is Nc1ccc(C(=O)N2CCN(Cc3ccc4c(c3)OCO4)CC2)cc1. The maximum Gasteiger partial charge on any atom is 0.253 e. The molecule has 0 aliphatic carbocycles. The van der Waals surface area contributed by atoms with Crippen LogP contribution in [-0.4, -0.2) is 48.7 Å². The van der Waals surface area contributed by atoms with Gasteiger partial charge in [-0.2, -0.15) is 0 Å². The number of carbonyl (C=O) groups excluding carboxylic acids is 1. The van der Waals surface area contributed by atoms with Gasteiger partial charge in [-0.1, -0.05) is 6.07 Å². The first kappa shape index (κ1) is 15.8. The van der Waals surface area contributed by atoms with E-state index in [4.69, 9.17) is 15.2 Å². The molecule has 0 spiro atoms. The van der Waals surface area contributed by atoms with Gasteiger partial charge < -0.3 is 20.1 Å². The summed E-state index contributed by atoms with van der Waals surface area (Å²) in [5.41, 5.74) is 8.24.